The minimum atomic E-state index is 0.680. The maximum Gasteiger partial charge on any atom is 0.162 e. The third-order valence-electron chi connectivity index (χ3n) is 3.94. The Kier molecular flexibility index (Phi) is 4.00. The summed E-state index contributed by atoms with van der Waals surface area (Å²) in [7, 11) is 0. The number of anilines is 3. The minimum Gasteiger partial charge on any atom is -0.364 e. The number of aryl methyl sites for hydroxylation is 1. The van der Waals surface area contributed by atoms with E-state index >= 15 is 0 Å². The lowest BCUT2D eigenvalue weighted by Crippen LogP contribution is -2.01. The second kappa shape index (κ2) is 6.60. The van der Waals surface area contributed by atoms with E-state index in [0.717, 1.165) is 22.7 Å². The summed E-state index contributed by atoms with van der Waals surface area (Å²) >= 11 is 0. The third kappa shape index (κ3) is 3.28. The number of fused-ring (bicyclic) bond motifs is 1. The molecule has 0 spiro atoms. The molecule has 0 saturated carbocycles. The zero-order valence-electron chi connectivity index (χ0n) is 13.8. The van der Waals surface area contributed by atoms with E-state index in [2.05, 4.69) is 62.0 Å². The van der Waals surface area contributed by atoms with Gasteiger partial charge in [0.15, 0.2) is 11.5 Å². The first-order chi connectivity index (χ1) is 12.3. The Labute approximate surface area is 145 Å². The van der Waals surface area contributed by atoms with E-state index < -0.39 is 0 Å². The lowest BCUT2D eigenvalue weighted by Gasteiger charge is -2.09. The van der Waals surface area contributed by atoms with Crippen LogP contribution in [0.2, 0.25) is 0 Å². The van der Waals surface area contributed by atoms with Crippen LogP contribution in [-0.2, 0) is 6.54 Å². The fraction of sp³-hybridized carbons (Fsp3) is 0.105. The quantitative estimate of drug-likeness (QED) is 0.515. The second-order valence-electron chi connectivity index (χ2n) is 5.85. The van der Waals surface area contributed by atoms with Gasteiger partial charge in [-0.3, -0.25) is 5.10 Å². The van der Waals surface area contributed by atoms with E-state index in [-0.39, 0.29) is 0 Å². The first kappa shape index (κ1) is 15.1. The fourth-order valence-corrected chi connectivity index (χ4v) is 2.72. The van der Waals surface area contributed by atoms with Crippen LogP contribution in [-0.4, -0.2) is 20.2 Å². The number of hydrogen-bond donors (Lipinski definition) is 3. The number of benzene rings is 2. The molecule has 2 aromatic heterocycles. The second-order valence-corrected chi connectivity index (χ2v) is 5.85. The summed E-state index contributed by atoms with van der Waals surface area (Å²) in [6.07, 6.45) is 1.53. The molecule has 2 heterocycles. The van der Waals surface area contributed by atoms with E-state index in [4.69, 9.17) is 0 Å². The molecule has 2 aromatic carbocycles. The summed E-state index contributed by atoms with van der Waals surface area (Å²) in [6, 6.07) is 18.4. The van der Waals surface area contributed by atoms with Crippen molar-refractivity contribution >= 4 is 28.4 Å². The molecule has 6 heteroatoms. The van der Waals surface area contributed by atoms with Gasteiger partial charge in [0.25, 0.3) is 0 Å². The molecule has 0 aliphatic rings. The van der Waals surface area contributed by atoms with Crippen LogP contribution in [0.1, 0.15) is 11.1 Å². The number of rotatable bonds is 5. The number of aromatic amines is 1. The summed E-state index contributed by atoms with van der Waals surface area (Å²) in [6.45, 7) is 2.74. The average Bonchev–Trinajstić information content (AvgIpc) is 3.05. The largest absolute Gasteiger partial charge is 0.364 e. The van der Waals surface area contributed by atoms with Crippen LogP contribution in [0.5, 0.6) is 0 Å². The monoisotopic (exact) mass is 330 g/mol. The molecular weight excluding hydrogens is 312 g/mol. The Bertz CT molecular complexity index is 993. The maximum atomic E-state index is 4.40. The Balaban J connectivity index is 1.64. The van der Waals surface area contributed by atoms with Crippen LogP contribution >= 0.6 is 0 Å². The molecule has 0 fully saturated rings. The third-order valence-corrected chi connectivity index (χ3v) is 3.94. The summed E-state index contributed by atoms with van der Waals surface area (Å²) in [4.78, 5) is 8.67. The van der Waals surface area contributed by atoms with Crippen LogP contribution in [0.3, 0.4) is 0 Å². The molecule has 4 rings (SSSR count). The van der Waals surface area contributed by atoms with Gasteiger partial charge < -0.3 is 10.6 Å². The molecule has 0 radical (unpaired) electrons. The Morgan fingerprint density at radius 1 is 0.960 bits per heavy atom. The van der Waals surface area contributed by atoms with Crippen molar-refractivity contribution in [2.75, 3.05) is 10.6 Å². The van der Waals surface area contributed by atoms with Gasteiger partial charge in [0.05, 0.1) is 0 Å². The summed E-state index contributed by atoms with van der Waals surface area (Å²) < 4.78 is 0. The Morgan fingerprint density at radius 2 is 1.84 bits per heavy atom. The van der Waals surface area contributed by atoms with Crippen molar-refractivity contribution in [3.63, 3.8) is 0 Å². The van der Waals surface area contributed by atoms with Gasteiger partial charge in [-0.25, -0.2) is 9.97 Å². The topological polar surface area (TPSA) is 78.5 Å². The normalized spacial score (nSPS) is 10.8. The van der Waals surface area contributed by atoms with Gasteiger partial charge in [0.1, 0.15) is 17.5 Å². The molecule has 0 saturated heterocycles. The standard InChI is InChI=1S/C19H18N6/c1-13-6-5-9-15(10-13)23-17-16-18(24-25-19(16)22-12-21-17)20-11-14-7-3-2-4-8-14/h2-10,12H,11H2,1H3,(H3,20,21,22,23,24,25). The molecule has 0 aliphatic carbocycles. The van der Waals surface area contributed by atoms with Crippen molar-refractivity contribution in [2.24, 2.45) is 0 Å². The van der Waals surface area contributed by atoms with Crippen LogP contribution < -0.4 is 10.6 Å². The molecule has 0 atom stereocenters. The molecule has 124 valence electrons. The van der Waals surface area contributed by atoms with E-state index in [9.17, 15) is 0 Å². The smallest absolute Gasteiger partial charge is 0.162 e. The predicted molar refractivity (Wildman–Crippen MR) is 99.9 cm³/mol. The highest BCUT2D eigenvalue weighted by Crippen LogP contribution is 2.28. The van der Waals surface area contributed by atoms with Crippen LogP contribution in [0, 0.1) is 6.92 Å². The lowest BCUT2D eigenvalue weighted by atomic mass is 10.2. The summed E-state index contributed by atoms with van der Waals surface area (Å²) in [5.41, 5.74) is 4.05. The molecule has 0 bridgehead atoms. The average molecular weight is 330 g/mol. The molecule has 6 nitrogen and oxygen atoms in total. The van der Waals surface area contributed by atoms with Crippen molar-refractivity contribution in [1.82, 2.24) is 20.2 Å². The molecule has 0 unspecified atom stereocenters. The molecule has 0 aliphatic heterocycles. The highest BCUT2D eigenvalue weighted by atomic mass is 15.2. The Morgan fingerprint density at radius 3 is 2.68 bits per heavy atom. The van der Waals surface area contributed by atoms with Crippen molar-refractivity contribution in [1.29, 1.82) is 0 Å². The lowest BCUT2D eigenvalue weighted by molar-refractivity contribution is 1.05. The molecule has 0 amide bonds. The van der Waals surface area contributed by atoms with Gasteiger partial charge in [0.2, 0.25) is 0 Å². The molecular formula is C19H18N6. The van der Waals surface area contributed by atoms with Crippen molar-refractivity contribution in [2.45, 2.75) is 13.5 Å². The highest BCUT2D eigenvalue weighted by molar-refractivity contribution is 5.97. The van der Waals surface area contributed by atoms with Gasteiger partial charge in [0, 0.05) is 12.2 Å². The molecule has 3 N–H and O–H groups in total. The van der Waals surface area contributed by atoms with Crippen molar-refractivity contribution in [3.8, 4) is 0 Å². The molecule has 25 heavy (non-hydrogen) atoms. The fourth-order valence-electron chi connectivity index (χ4n) is 2.72. The van der Waals surface area contributed by atoms with Crippen LogP contribution in [0.15, 0.2) is 60.9 Å². The van der Waals surface area contributed by atoms with Crippen LogP contribution in [0.25, 0.3) is 11.0 Å². The highest BCUT2D eigenvalue weighted by Gasteiger charge is 2.13. The van der Waals surface area contributed by atoms with Gasteiger partial charge in [-0.15, -0.1) is 0 Å². The van der Waals surface area contributed by atoms with Gasteiger partial charge in [-0.2, -0.15) is 5.10 Å². The SMILES string of the molecule is Cc1cccc(Nc2ncnc3[nH]nc(NCc4ccccc4)c23)c1. The van der Waals surface area contributed by atoms with Crippen molar-refractivity contribution in [3.05, 3.63) is 72.1 Å². The Hall–Kier alpha value is -3.41. The van der Waals surface area contributed by atoms with E-state index in [1.807, 2.05) is 30.3 Å². The zero-order valence-corrected chi connectivity index (χ0v) is 13.8. The zero-order chi connectivity index (χ0) is 17.1. The van der Waals surface area contributed by atoms with Crippen LogP contribution in [0.4, 0.5) is 17.3 Å². The van der Waals surface area contributed by atoms with Gasteiger partial charge in [-0.1, -0.05) is 42.5 Å². The number of aromatic nitrogens is 4. The molecule has 4 aromatic rings. The summed E-state index contributed by atoms with van der Waals surface area (Å²) in [5, 5.41) is 14.9. The number of hydrogen-bond acceptors (Lipinski definition) is 5. The van der Waals surface area contributed by atoms with E-state index in [1.165, 1.54) is 17.5 Å². The van der Waals surface area contributed by atoms with E-state index in [0.29, 0.717) is 12.2 Å². The number of H-pyrrole nitrogens is 1. The van der Waals surface area contributed by atoms with Gasteiger partial charge in [-0.05, 0) is 30.2 Å². The minimum absolute atomic E-state index is 0.680. The number of nitrogens with one attached hydrogen (secondary N) is 3. The number of nitrogens with zero attached hydrogens (tertiary/aromatic N) is 3. The predicted octanol–water partition coefficient (Wildman–Crippen LogP) is 4.02. The first-order valence-electron chi connectivity index (χ1n) is 8.10. The van der Waals surface area contributed by atoms with Gasteiger partial charge >= 0.3 is 0 Å². The van der Waals surface area contributed by atoms with E-state index in [1.54, 1.807) is 0 Å². The van der Waals surface area contributed by atoms with Crippen molar-refractivity contribution < 1.29 is 0 Å². The first-order valence-corrected chi connectivity index (χ1v) is 8.10. The summed E-state index contributed by atoms with van der Waals surface area (Å²) in [5.74, 6) is 1.45. The maximum absolute atomic E-state index is 4.40.